The van der Waals surface area contributed by atoms with Crippen molar-refractivity contribution < 1.29 is 9.59 Å². The normalized spacial score (nSPS) is 15.1. The molecule has 1 N–H and O–H groups in total. The fraction of sp³-hybridized carbons (Fsp3) is 0.462. The molecule has 1 aliphatic rings. The van der Waals surface area contributed by atoms with Gasteiger partial charge in [-0.25, -0.2) is 0 Å². The van der Waals surface area contributed by atoms with Crippen molar-refractivity contribution >= 4 is 11.8 Å². The van der Waals surface area contributed by atoms with E-state index in [1.54, 1.807) is 4.90 Å². The summed E-state index contributed by atoms with van der Waals surface area (Å²) in [6.07, 6.45) is 4.70. The van der Waals surface area contributed by atoms with Crippen molar-refractivity contribution in [1.82, 2.24) is 10.2 Å². The Morgan fingerprint density at radius 1 is 1.03 bits per heavy atom. The molecule has 2 amide bonds. The van der Waals surface area contributed by atoms with Crippen molar-refractivity contribution in [3.8, 4) is 0 Å². The highest BCUT2D eigenvalue weighted by Crippen LogP contribution is 2.20. The molecule has 160 valence electrons. The van der Waals surface area contributed by atoms with Gasteiger partial charge < -0.3 is 10.2 Å². The third kappa shape index (κ3) is 5.71. The summed E-state index contributed by atoms with van der Waals surface area (Å²) in [5.74, 6) is -0.0665. The molecule has 30 heavy (non-hydrogen) atoms. The predicted molar refractivity (Wildman–Crippen MR) is 121 cm³/mol. The Labute approximate surface area is 180 Å². The summed E-state index contributed by atoms with van der Waals surface area (Å²) in [7, 11) is 0. The van der Waals surface area contributed by atoms with Gasteiger partial charge in [-0.05, 0) is 57.2 Å². The number of hydrogen-bond acceptors (Lipinski definition) is 2. The monoisotopic (exact) mass is 406 g/mol. The number of rotatable bonds is 7. The van der Waals surface area contributed by atoms with E-state index < -0.39 is 6.04 Å². The number of aryl methyl sites for hydroxylation is 3. The van der Waals surface area contributed by atoms with Crippen LogP contribution in [0.25, 0.3) is 0 Å². The molecule has 0 aromatic heterocycles. The van der Waals surface area contributed by atoms with Crippen LogP contribution in [-0.4, -0.2) is 28.8 Å². The van der Waals surface area contributed by atoms with Crippen molar-refractivity contribution in [2.45, 2.75) is 78.4 Å². The second-order valence-corrected chi connectivity index (χ2v) is 8.78. The highest BCUT2D eigenvalue weighted by Gasteiger charge is 2.28. The van der Waals surface area contributed by atoms with Gasteiger partial charge in [0.05, 0.1) is 6.42 Å². The first-order chi connectivity index (χ1) is 14.3. The molecular formula is C26H34N2O2. The Bertz CT molecular complexity index is 900. The summed E-state index contributed by atoms with van der Waals surface area (Å²) < 4.78 is 0. The number of carbonyl (C=O) groups is 2. The van der Waals surface area contributed by atoms with Gasteiger partial charge in [-0.2, -0.15) is 0 Å². The van der Waals surface area contributed by atoms with Gasteiger partial charge in [-0.15, -0.1) is 0 Å². The van der Waals surface area contributed by atoms with Gasteiger partial charge in [-0.1, -0.05) is 66.4 Å². The minimum atomic E-state index is -0.510. The Hall–Kier alpha value is -2.62. The minimum Gasteiger partial charge on any atom is -0.352 e. The first-order valence-electron chi connectivity index (χ1n) is 11.0. The quantitative estimate of drug-likeness (QED) is 0.729. The van der Waals surface area contributed by atoms with Crippen LogP contribution in [0.1, 0.15) is 60.4 Å². The Kier molecular flexibility index (Phi) is 7.30. The van der Waals surface area contributed by atoms with E-state index >= 15 is 0 Å². The molecule has 0 saturated heterocycles. The molecular weight excluding hydrogens is 372 g/mol. The standard InChI is InChI=1S/C26H34N2O2/c1-18-8-7-9-22(14-18)17-28(21(4)26(30)27-24-10-5-6-11-24)25(29)16-23-15-19(2)12-13-20(23)3/h7-9,12-15,21,24H,5-6,10-11,16-17H2,1-4H3,(H,27,30)/t21-/m1/s1. The highest BCUT2D eigenvalue weighted by molar-refractivity contribution is 5.88. The van der Waals surface area contributed by atoms with Gasteiger partial charge in [0.15, 0.2) is 0 Å². The fourth-order valence-corrected chi connectivity index (χ4v) is 4.24. The van der Waals surface area contributed by atoms with Gasteiger partial charge in [0.2, 0.25) is 11.8 Å². The largest absolute Gasteiger partial charge is 0.352 e. The third-order valence-electron chi connectivity index (χ3n) is 6.15. The SMILES string of the molecule is Cc1cccc(CN(C(=O)Cc2cc(C)ccc2C)[C@H](C)C(=O)NC2CCCC2)c1. The molecule has 0 heterocycles. The Morgan fingerprint density at radius 2 is 1.73 bits per heavy atom. The van der Waals surface area contributed by atoms with Crippen LogP contribution in [-0.2, 0) is 22.6 Å². The van der Waals surface area contributed by atoms with E-state index in [2.05, 4.69) is 29.6 Å². The van der Waals surface area contributed by atoms with E-state index in [9.17, 15) is 9.59 Å². The molecule has 0 bridgehead atoms. The molecule has 0 aliphatic heterocycles. The first-order valence-corrected chi connectivity index (χ1v) is 11.0. The first kappa shape index (κ1) is 22.1. The van der Waals surface area contributed by atoms with E-state index in [0.29, 0.717) is 13.0 Å². The summed E-state index contributed by atoms with van der Waals surface area (Å²) in [4.78, 5) is 28.1. The van der Waals surface area contributed by atoms with Crippen molar-refractivity contribution in [3.05, 3.63) is 70.3 Å². The van der Waals surface area contributed by atoms with E-state index in [4.69, 9.17) is 0 Å². The maximum atomic E-state index is 13.4. The molecule has 2 aromatic carbocycles. The molecule has 0 unspecified atom stereocenters. The lowest BCUT2D eigenvalue weighted by molar-refractivity contribution is -0.140. The van der Waals surface area contributed by atoms with Crippen molar-refractivity contribution in [2.24, 2.45) is 0 Å². The van der Waals surface area contributed by atoms with Crippen LogP contribution in [0.3, 0.4) is 0 Å². The minimum absolute atomic E-state index is 0.0146. The molecule has 2 aromatic rings. The van der Waals surface area contributed by atoms with Crippen LogP contribution in [0.2, 0.25) is 0 Å². The maximum absolute atomic E-state index is 13.4. The van der Waals surface area contributed by atoms with Crippen molar-refractivity contribution in [2.75, 3.05) is 0 Å². The van der Waals surface area contributed by atoms with Crippen LogP contribution in [0.5, 0.6) is 0 Å². The molecule has 1 atom stereocenters. The van der Waals surface area contributed by atoms with E-state index in [0.717, 1.165) is 53.5 Å². The molecule has 0 radical (unpaired) electrons. The zero-order valence-electron chi connectivity index (χ0n) is 18.7. The predicted octanol–water partition coefficient (Wildman–Crippen LogP) is 4.63. The molecule has 4 nitrogen and oxygen atoms in total. The van der Waals surface area contributed by atoms with Gasteiger partial charge in [0.25, 0.3) is 0 Å². The van der Waals surface area contributed by atoms with Crippen LogP contribution < -0.4 is 5.32 Å². The summed E-state index contributed by atoms with van der Waals surface area (Å²) in [6, 6.07) is 14.1. The van der Waals surface area contributed by atoms with E-state index in [1.807, 2.05) is 45.9 Å². The average molecular weight is 407 g/mol. The lowest BCUT2D eigenvalue weighted by atomic mass is 10.0. The Balaban J connectivity index is 1.80. The molecule has 4 heteroatoms. The number of hydrogen-bond donors (Lipinski definition) is 1. The highest BCUT2D eigenvalue weighted by atomic mass is 16.2. The molecule has 3 rings (SSSR count). The molecule has 1 fully saturated rings. The van der Waals surface area contributed by atoms with Crippen LogP contribution in [0, 0.1) is 20.8 Å². The lowest BCUT2D eigenvalue weighted by Crippen LogP contribution is -2.50. The van der Waals surface area contributed by atoms with Gasteiger partial charge in [0, 0.05) is 12.6 Å². The van der Waals surface area contributed by atoms with Gasteiger partial charge in [0.1, 0.15) is 6.04 Å². The second-order valence-electron chi connectivity index (χ2n) is 8.78. The van der Waals surface area contributed by atoms with Crippen LogP contribution in [0.15, 0.2) is 42.5 Å². The number of carbonyl (C=O) groups excluding carboxylic acids is 2. The number of nitrogens with zero attached hydrogens (tertiary/aromatic N) is 1. The smallest absolute Gasteiger partial charge is 0.242 e. The number of benzene rings is 2. The lowest BCUT2D eigenvalue weighted by Gasteiger charge is -2.30. The van der Waals surface area contributed by atoms with E-state index in [1.165, 1.54) is 0 Å². The van der Waals surface area contributed by atoms with Gasteiger partial charge in [-0.3, -0.25) is 9.59 Å². The van der Waals surface area contributed by atoms with Crippen LogP contribution in [0.4, 0.5) is 0 Å². The van der Waals surface area contributed by atoms with Crippen molar-refractivity contribution in [1.29, 1.82) is 0 Å². The summed E-state index contributed by atoms with van der Waals surface area (Å²) in [5, 5.41) is 3.16. The van der Waals surface area contributed by atoms with Crippen LogP contribution >= 0.6 is 0 Å². The average Bonchev–Trinajstić information content (AvgIpc) is 3.21. The fourth-order valence-electron chi connectivity index (χ4n) is 4.24. The summed E-state index contributed by atoms with van der Waals surface area (Å²) in [5.41, 5.74) is 5.47. The topological polar surface area (TPSA) is 49.4 Å². The molecule has 1 saturated carbocycles. The number of amides is 2. The van der Waals surface area contributed by atoms with Crippen molar-refractivity contribution in [3.63, 3.8) is 0 Å². The maximum Gasteiger partial charge on any atom is 0.242 e. The van der Waals surface area contributed by atoms with E-state index in [-0.39, 0.29) is 17.9 Å². The molecule has 0 spiro atoms. The molecule has 1 aliphatic carbocycles. The zero-order valence-corrected chi connectivity index (χ0v) is 18.7. The van der Waals surface area contributed by atoms with Gasteiger partial charge >= 0.3 is 0 Å². The third-order valence-corrected chi connectivity index (χ3v) is 6.15. The second kappa shape index (κ2) is 9.92. The summed E-state index contributed by atoms with van der Waals surface area (Å²) in [6.45, 7) is 8.40. The summed E-state index contributed by atoms with van der Waals surface area (Å²) >= 11 is 0. The number of nitrogens with one attached hydrogen (secondary N) is 1. The zero-order chi connectivity index (χ0) is 21.7. The Morgan fingerprint density at radius 3 is 2.43 bits per heavy atom.